The van der Waals surface area contributed by atoms with E-state index in [-0.39, 0.29) is 12.0 Å². The number of unbranched alkanes of at least 4 members (excludes halogenated alkanes) is 1. The minimum Gasteiger partial charge on any atom is -0.449 e. The van der Waals surface area contributed by atoms with Crippen molar-refractivity contribution in [2.24, 2.45) is 7.05 Å². The Labute approximate surface area is 188 Å². The number of alkyl carbamates (subject to hydrolysis) is 1. The Bertz CT molecular complexity index is 769. The smallest absolute Gasteiger partial charge is 0.409 e. The molecular weight excluding hydrogens is 418 g/mol. The van der Waals surface area contributed by atoms with E-state index in [2.05, 4.69) is 20.8 Å². The molecule has 3 amide bonds. The summed E-state index contributed by atoms with van der Waals surface area (Å²) in [5.74, 6) is 0.374. The zero-order chi connectivity index (χ0) is 23.7. The van der Waals surface area contributed by atoms with Gasteiger partial charge in [0.15, 0.2) is 5.82 Å². The highest BCUT2D eigenvalue weighted by Crippen LogP contribution is 2.12. The number of rotatable bonds is 8. The number of aromatic nitrogens is 4. The number of hydrogen-bond acceptors (Lipinski definition) is 8. The van der Waals surface area contributed by atoms with Crippen molar-refractivity contribution in [1.29, 1.82) is 0 Å². The third kappa shape index (κ3) is 7.97. The molecule has 0 bridgehead atoms. The van der Waals surface area contributed by atoms with Gasteiger partial charge in [0.1, 0.15) is 11.6 Å². The van der Waals surface area contributed by atoms with Crippen LogP contribution in [0.4, 0.5) is 9.59 Å². The minimum absolute atomic E-state index is 0.231. The van der Waals surface area contributed by atoms with E-state index in [4.69, 9.17) is 9.47 Å². The lowest BCUT2D eigenvalue weighted by Gasteiger charge is -2.36. The summed E-state index contributed by atoms with van der Waals surface area (Å²) < 4.78 is 12.1. The number of carbonyl (C=O) groups is 3. The highest BCUT2D eigenvalue weighted by molar-refractivity contribution is 5.86. The molecular formula is C20H35N7O5. The molecule has 12 nitrogen and oxygen atoms in total. The Morgan fingerprint density at radius 1 is 1.12 bits per heavy atom. The van der Waals surface area contributed by atoms with E-state index in [0.29, 0.717) is 51.5 Å². The van der Waals surface area contributed by atoms with Crippen LogP contribution in [-0.4, -0.2) is 92.5 Å². The molecule has 1 saturated heterocycles. The van der Waals surface area contributed by atoms with Gasteiger partial charge >= 0.3 is 12.2 Å². The molecule has 1 aromatic heterocycles. The van der Waals surface area contributed by atoms with Crippen molar-refractivity contribution >= 4 is 18.1 Å². The van der Waals surface area contributed by atoms with Crippen LogP contribution in [0.15, 0.2) is 0 Å². The number of amides is 3. The van der Waals surface area contributed by atoms with E-state index < -0.39 is 17.7 Å². The summed E-state index contributed by atoms with van der Waals surface area (Å²) in [7, 11) is 1.71. The lowest BCUT2D eigenvalue weighted by atomic mass is 10.1. The Morgan fingerprint density at radius 3 is 2.34 bits per heavy atom. The molecule has 32 heavy (non-hydrogen) atoms. The second kappa shape index (κ2) is 11.6. The van der Waals surface area contributed by atoms with Gasteiger partial charge in [0.05, 0.1) is 6.61 Å². The Hall–Kier alpha value is -2.92. The van der Waals surface area contributed by atoms with Crippen LogP contribution in [-0.2, 0) is 27.7 Å². The van der Waals surface area contributed by atoms with Gasteiger partial charge in [-0.15, -0.1) is 5.10 Å². The van der Waals surface area contributed by atoms with E-state index >= 15 is 0 Å². The maximum atomic E-state index is 13.2. The van der Waals surface area contributed by atoms with Crippen LogP contribution in [0.5, 0.6) is 0 Å². The molecule has 2 rings (SSSR count). The summed E-state index contributed by atoms with van der Waals surface area (Å²) in [6, 6.07) is -0.801. The number of piperazine rings is 1. The fraction of sp³-hybridized carbons (Fsp3) is 0.800. The average molecular weight is 454 g/mol. The first-order valence-corrected chi connectivity index (χ1v) is 11.0. The van der Waals surface area contributed by atoms with Crippen molar-refractivity contribution in [3.8, 4) is 0 Å². The lowest BCUT2D eigenvalue weighted by molar-refractivity contribution is -0.135. The normalized spacial score (nSPS) is 15.3. The van der Waals surface area contributed by atoms with E-state index in [1.165, 1.54) is 4.68 Å². The first-order valence-electron chi connectivity index (χ1n) is 11.0. The first-order chi connectivity index (χ1) is 15.1. The van der Waals surface area contributed by atoms with Gasteiger partial charge in [-0.2, -0.15) is 0 Å². The molecule has 1 N–H and O–H groups in total. The van der Waals surface area contributed by atoms with Gasteiger partial charge in [0.2, 0.25) is 5.91 Å². The summed E-state index contributed by atoms with van der Waals surface area (Å²) >= 11 is 0. The van der Waals surface area contributed by atoms with E-state index in [9.17, 15) is 14.4 Å². The molecule has 0 radical (unpaired) electrons. The number of ether oxygens (including phenoxy) is 2. The van der Waals surface area contributed by atoms with Crippen LogP contribution in [0.3, 0.4) is 0 Å². The van der Waals surface area contributed by atoms with Crippen LogP contribution >= 0.6 is 0 Å². The fourth-order valence-electron chi connectivity index (χ4n) is 3.17. The Balaban J connectivity index is 1.96. The topological polar surface area (TPSA) is 132 Å². The standard InChI is InChI=1S/C20H35N7O5/c1-6-7-14-31-19(30)27-12-10-26(11-13-27)17(28)15(21-18(29)32-20(2,3)4)8-9-16-22-23-24-25(16)5/h15H,6-14H2,1-5H3,(H,21,29)/t15-/m0/s1. The summed E-state index contributed by atoms with van der Waals surface area (Å²) in [4.78, 5) is 40.9. The van der Waals surface area contributed by atoms with Crippen molar-refractivity contribution < 1.29 is 23.9 Å². The molecule has 1 fully saturated rings. The van der Waals surface area contributed by atoms with Crippen LogP contribution in [0, 0.1) is 0 Å². The zero-order valence-electron chi connectivity index (χ0n) is 19.7. The summed E-state index contributed by atoms with van der Waals surface area (Å²) in [5, 5.41) is 14.0. The third-order valence-corrected chi connectivity index (χ3v) is 4.93. The molecule has 0 unspecified atom stereocenters. The molecule has 0 aliphatic carbocycles. The Kier molecular flexibility index (Phi) is 9.21. The minimum atomic E-state index is -0.801. The van der Waals surface area contributed by atoms with Crippen molar-refractivity contribution in [3.63, 3.8) is 0 Å². The van der Waals surface area contributed by atoms with Gasteiger partial charge in [-0.1, -0.05) is 13.3 Å². The van der Waals surface area contributed by atoms with Crippen molar-refractivity contribution in [1.82, 2.24) is 35.3 Å². The van der Waals surface area contributed by atoms with Gasteiger partial charge < -0.3 is 24.6 Å². The van der Waals surface area contributed by atoms with E-state index in [1.54, 1.807) is 37.6 Å². The molecule has 2 heterocycles. The van der Waals surface area contributed by atoms with Crippen LogP contribution in [0.1, 0.15) is 52.8 Å². The first kappa shape index (κ1) is 25.3. The van der Waals surface area contributed by atoms with Crippen LogP contribution in [0.25, 0.3) is 0 Å². The summed E-state index contributed by atoms with van der Waals surface area (Å²) in [6.07, 6.45) is 1.47. The van der Waals surface area contributed by atoms with E-state index in [0.717, 1.165) is 12.8 Å². The quantitative estimate of drug-likeness (QED) is 0.579. The van der Waals surface area contributed by atoms with Crippen molar-refractivity contribution in [2.75, 3.05) is 32.8 Å². The molecule has 0 saturated carbocycles. The molecule has 12 heteroatoms. The number of nitrogens with one attached hydrogen (secondary N) is 1. The maximum Gasteiger partial charge on any atom is 0.409 e. The maximum absolute atomic E-state index is 13.2. The largest absolute Gasteiger partial charge is 0.449 e. The second-order valence-electron chi connectivity index (χ2n) is 8.74. The van der Waals surface area contributed by atoms with Gasteiger partial charge in [-0.05, 0) is 44.0 Å². The molecule has 180 valence electrons. The lowest BCUT2D eigenvalue weighted by Crippen LogP contribution is -2.56. The molecule has 1 aliphatic heterocycles. The number of carbonyl (C=O) groups excluding carboxylic acids is 3. The zero-order valence-corrected chi connectivity index (χ0v) is 19.7. The van der Waals surface area contributed by atoms with Gasteiger partial charge in [-0.3, -0.25) is 4.79 Å². The van der Waals surface area contributed by atoms with Crippen LogP contribution in [0.2, 0.25) is 0 Å². The number of hydrogen-bond donors (Lipinski definition) is 1. The van der Waals surface area contributed by atoms with Crippen molar-refractivity contribution in [2.45, 2.75) is 65.0 Å². The molecule has 1 atom stereocenters. The highest BCUT2D eigenvalue weighted by atomic mass is 16.6. The molecule has 1 aliphatic rings. The summed E-state index contributed by atoms with van der Waals surface area (Å²) in [6.45, 7) is 9.17. The monoisotopic (exact) mass is 453 g/mol. The fourth-order valence-corrected chi connectivity index (χ4v) is 3.17. The molecule has 0 spiro atoms. The number of tetrazole rings is 1. The SMILES string of the molecule is CCCCOC(=O)N1CCN(C(=O)[C@H](CCc2nnnn2C)NC(=O)OC(C)(C)C)CC1. The van der Waals surface area contributed by atoms with Crippen molar-refractivity contribution in [3.05, 3.63) is 5.82 Å². The van der Waals surface area contributed by atoms with Crippen LogP contribution < -0.4 is 5.32 Å². The van der Waals surface area contributed by atoms with Gasteiger partial charge in [-0.25, -0.2) is 14.3 Å². The third-order valence-electron chi connectivity index (χ3n) is 4.93. The number of nitrogens with zero attached hydrogens (tertiary/aromatic N) is 6. The average Bonchev–Trinajstić information content (AvgIpc) is 3.14. The number of aryl methyl sites for hydroxylation is 2. The van der Waals surface area contributed by atoms with Gasteiger partial charge in [0.25, 0.3) is 0 Å². The summed E-state index contributed by atoms with van der Waals surface area (Å²) in [5.41, 5.74) is -0.686. The predicted octanol–water partition coefficient (Wildman–Crippen LogP) is 1.12. The van der Waals surface area contributed by atoms with Gasteiger partial charge in [0, 0.05) is 39.6 Å². The van der Waals surface area contributed by atoms with E-state index in [1.807, 2.05) is 6.92 Å². The Morgan fingerprint density at radius 2 is 1.78 bits per heavy atom. The highest BCUT2D eigenvalue weighted by Gasteiger charge is 2.31. The second-order valence-corrected chi connectivity index (χ2v) is 8.74. The molecule has 0 aromatic carbocycles. The molecule has 1 aromatic rings. The predicted molar refractivity (Wildman–Crippen MR) is 115 cm³/mol.